The van der Waals surface area contributed by atoms with E-state index in [1.165, 1.54) is 6.20 Å². The zero-order chi connectivity index (χ0) is 12.1. The van der Waals surface area contributed by atoms with E-state index in [0.29, 0.717) is 11.7 Å². The van der Waals surface area contributed by atoms with Crippen LogP contribution < -0.4 is 10.6 Å². The third kappa shape index (κ3) is 3.13. The van der Waals surface area contributed by atoms with Crippen LogP contribution in [0, 0.1) is 10.1 Å². The quantitative estimate of drug-likeness (QED) is 0.614. The van der Waals surface area contributed by atoms with Crippen molar-refractivity contribution in [2.75, 3.05) is 18.4 Å². The summed E-state index contributed by atoms with van der Waals surface area (Å²) in [5, 5.41) is 17.4. The average molecular weight is 236 g/mol. The molecule has 0 amide bonds. The third-order valence-corrected chi connectivity index (χ3v) is 2.93. The van der Waals surface area contributed by atoms with Crippen LogP contribution in [0.15, 0.2) is 18.5 Å². The maximum atomic E-state index is 10.8. The second-order valence-electron chi connectivity index (χ2n) is 4.17. The van der Waals surface area contributed by atoms with Crippen LogP contribution in [0.25, 0.3) is 0 Å². The van der Waals surface area contributed by atoms with Crippen LogP contribution in [0.4, 0.5) is 11.4 Å². The maximum Gasteiger partial charge on any atom is 0.310 e. The van der Waals surface area contributed by atoms with Gasteiger partial charge >= 0.3 is 5.69 Å². The second-order valence-corrected chi connectivity index (χ2v) is 4.17. The van der Waals surface area contributed by atoms with E-state index < -0.39 is 4.92 Å². The Morgan fingerprint density at radius 2 is 2.35 bits per heavy atom. The summed E-state index contributed by atoms with van der Waals surface area (Å²) in [5.74, 6) is 0. The molecule has 17 heavy (non-hydrogen) atoms. The van der Waals surface area contributed by atoms with Gasteiger partial charge in [-0.1, -0.05) is 0 Å². The molecule has 1 saturated heterocycles. The Kier molecular flexibility index (Phi) is 3.87. The van der Waals surface area contributed by atoms with Crippen LogP contribution >= 0.6 is 0 Å². The Morgan fingerprint density at radius 3 is 3.18 bits per heavy atom. The van der Waals surface area contributed by atoms with Gasteiger partial charge in [0.2, 0.25) is 0 Å². The van der Waals surface area contributed by atoms with E-state index in [1.807, 2.05) is 0 Å². The van der Waals surface area contributed by atoms with Crippen molar-refractivity contribution in [3.63, 3.8) is 0 Å². The Balaban J connectivity index is 2.09. The minimum absolute atomic E-state index is 0.0460. The Morgan fingerprint density at radius 1 is 1.47 bits per heavy atom. The van der Waals surface area contributed by atoms with Gasteiger partial charge < -0.3 is 10.6 Å². The van der Waals surface area contributed by atoms with Crippen LogP contribution in [-0.4, -0.2) is 29.0 Å². The molecule has 2 heterocycles. The van der Waals surface area contributed by atoms with Gasteiger partial charge in [0, 0.05) is 12.2 Å². The molecule has 1 unspecified atom stereocenters. The summed E-state index contributed by atoms with van der Waals surface area (Å²) in [4.78, 5) is 14.2. The molecule has 0 aromatic carbocycles. The number of pyridine rings is 1. The summed E-state index contributed by atoms with van der Waals surface area (Å²) in [6.07, 6.45) is 5.98. The van der Waals surface area contributed by atoms with Crippen molar-refractivity contribution in [3.05, 3.63) is 28.6 Å². The molecule has 92 valence electrons. The zero-order valence-corrected chi connectivity index (χ0v) is 9.56. The van der Waals surface area contributed by atoms with Crippen molar-refractivity contribution in [1.29, 1.82) is 0 Å². The Hall–Kier alpha value is -1.69. The molecule has 2 rings (SSSR count). The Labute approximate surface area is 99.6 Å². The summed E-state index contributed by atoms with van der Waals surface area (Å²) < 4.78 is 0. The lowest BCUT2D eigenvalue weighted by Gasteiger charge is -2.16. The first-order valence-corrected chi connectivity index (χ1v) is 5.83. The van der Waals surface area contributed by atoms with E-state index in [9.17, 15) is 10.1 Å². The molecule has 1 atom stereocenters. The standard InChI is InChI=1S/C11H16N4O2/c16-15(17)11-8-13-7-4-10(11)14-9-2-1-5-12-6-3-9/h4,7-9,12H,1-3,5-6H2,(H,13,14). The zero-order valence-electron chi connectivity index (χ0n) is 9.56. The summed E-state index contributed by atoms with van der Waals surface area (Å²) in [6, 6.07) is 1.96. The molecule has 0 spiro atoms. The molecule has 1 aromatic heterocycles. The molecule has 1 fully saturated rings. The molecule has 0 radical (unpaired) electrons. The minimum atomic E-state index is -0.399. The van der Waals surface area contributed by atoms with Crippen LogP contribution in [0.2, 0.25) is 0 Å². The average Bonchev–Trinajstić information content (AvgIpc) is 2.58. The normalized spacial score (nSPS) is 20.6. The number of aromatic nitrogens is 1. The van der Waals surface area contributed by atoms with Crippen molar-refractivity contribution in [2.24, 2.45) is 0 Å². The van der Waals surface area contributed by atoms with Crippen LogP contribution in [0.1, 0.15) is 19.3 Å². The summed E-state index contributed by atoms with van der Waals surface area (Å²) in [6.45, 7) is 1.98. The maximum absolute atomic E-state index is 10.8. The highest BCUT2D eigenvalue weighted by Gasteiger charge is 2.17. The van der Waals surface area contributed by atoms with Gasteiger partial charge in [-0.15, -0.1) is 0 Å². The van der Waals surface area contributed by atoms with E-state index in [1.54, 1.807) is 12.3 Å². The minimum Gasteiger partial charge on any atom is -0.377 e. The van der Waals surface area contributed by atoms with Gasteiger partial charge in [-0.25, -0.2) is 0 Å². The fraction of sp³-hybridized carbons (Fsp3) is 0.545. The third-order valence-electron chi connectivity index (χ3n) is 2.93. The van der Waals surface area contributed by atoms with E-state index >= 15 is 0 Å². The monoisotopic (exact) mass is 236 g/mol. The van der Waals surface area contributed by atoms with Crippen molar-refractivity contribution >= 4 is 11.4 Å². The first-order valence-electron chi connectivity index (χ1n) is 5.83. The van der Waals surface area contributed by atoms with Gasteiger partial charge in [0.15, 0.2) is 0 Å². The molecule has 6 heteroatoms. The van der Waals surface area contributed by atoms with Gasteiger partial charge in [0.1, 0.15) is 11.9 Å². The van der Waals surface area contributed by atoms with Gasteiger partial charge in [-0.2, -0.15) is 0 Å². The summed E-state index contributed by atoms with van der Waals surface area (Å²) >= 11 is 0. The molecule has 0 aliphatic carbocycles. The highest BCUT2D eigenvalue weighted by atomic mass is 16.6. The van der Waals surface area contributed by atoms with Crippen molar-refractivity contribution in [3.8, 4) is 0 Å². The number of nitrogens with zero attached hydrogens (tertiary/aromatic N) is 2. The first-order chi connectivity index (χ1) is 8.27. The number of nitrogens with one attached hydrogen (secondary N) is 2. The SMILES string of the molecule is O=[N+]([O-])c1cnccc1NC1CCCNCC1. The number of hydrogen-bond acceptors (Lipinski definition) is 5. The number of hydrogen-bond donors (Lipinski definition) is 2. The van der Waals surface area contributed by atoms with Gasteiger partial charge in [-0.3, -0.25) is 15.1 Å². The van der Waals surface area contributed by atoms with Gasteiger partial charge in [0.05, 0.1) is 4.92 Å². The summed E-state index contributed by atoms with van der Waals surface area (Å²) in [5.41, 5.74) is 0.613. The molecule has 1 aliphatic heterocycles. The fourth-order valence-corrected chi connectivity index (χ4v) is 2.04. The molecule has 2 N–H and O–H groups in total. The highest BCUT2D eigenvalue weighted by molar-refractivity contribution is 5.60. The number of anilines is 1. The molecule has 6 nitrogen and oxygen atoms in total. The second kappa shape index (κ2) is 5.58. The van der Waals surface area contributed by atoms with Crippen LogP contribution in [0.3, 0.4) is 0 Å². The lowest BCUT2D eigenvalue weighted by molar-refractivity contribution is -0.384. The van der Waals surface area contributed by atoms with E-state index in [-0.39, 0.29) is 5.69 Å². The fourth-order valence-electron chi connectivity index (χ4n) is 2.04. The highest BCUT2D eigenvalue weighted by Crippen LogP contribution is 2.24. The molecule has 1 aromatic rings. The lowest BCUT2D eigenvalue weighted by Crippen LogP contribution is -2.22. The van der Waals surface area contributed by atoms with E-state index in [0.717, 1.165) is 32.4 Å². The predicted molar refractivity (Wildman–Crippen MR) is 65.0 cm³/mol. The van der Waals surface area contributed by atoms with Crippen molar-refractivity contribution in [1.82, 2.24) is 10.3 Å². The van der Waals surface area contributed by atoms with Gasteiger partial charge in [0.25, 0.3) is 0 Å². The number of rotatable bonds is 3. The smallest absolute Gasteiger partial charge is 0.310 e. The Bertz CT molecular complexity index is 389. The van der Waals surface area contributed by atoms with E-state index in [4.69, 9.17) is 0 Å². The van der Waals surface area contributed by atoms with Crippen molar-refractivity contribution in [2.45, 2.75) is 25.3 Å². The molecule has 0 saturated carbocycles. The topological polar surface area (TPSA) is 80.1 Å². The lowest BCUT2D eigenvalue weighted by atomic mass is 10.1. The van der Waals surface area contributed by atoms with Crippen LogP contribution in [-0.2, 0) is 0 Å². The van der Waals surface area contributed by atoms with E-state index in [2.05, 4.69) is 15.6 Å². The molecule has 0 bridgehead atoms. The summed E-state index contributed by atoms with van der Waals surface area (Å²) in [7, 11) is 0. The van der Waals surface area contributed by atoms with Gasteiger partial charge in [-0.05, 0) is 38.4 Å². The molecular formula is C11H16N4O2. The molecule has 1 aliphatic rings. The number of nitro groups is 1. The first kappa shape index (κ1) is 11.8. The molecular weight excluding hydrogens is 220 g/mol. The predicted octanol–water partition coefficient (Wildman–Crippen LogP) is 1.54. The largest absolute Gasteiger partial charge is 0.377 e. The van der Waals surface area contributed by atoms with Crippen LogP contribution in [0.5, 0.6) is 0 Å². The van der Waals surface area contributed by atoms with Crippen molar-refractivity contribution < 1.29 is 4.92 Å².